The molecule has 0 heterocycles. The van der Waals surface area contributed by atoms with E-state index in [1.54, 1.807) is 19.1 Å². The number of sulfonamides is 1. The lowest BCUT2D eigenvalue weighted by Gasteiger charge is -2.07. The van der Waals surface area contributed by atoms with Crippen molar-refractivity contribution >= 4 is 31.7 Å². The molecule has 0 aliphatic rings. The molecule has 0 fully saturated rings. The number of rotatable bonds is 4. The summed E-state index contributed by atoms with van der Waals surface area (Å²) >= 11 is 3.27. The van der Waals surface area contributed by atoms with E-state index in [1.807, 2.05) is 32.0 Å². The number of hydrogen-bond donors (Lipinski definition) is 1. The Morgan fingerprint density at radius 3 is 2.27 bits per heavy atom. The van der Waals surface area contributed by atoms with Crippen molar-refractivity contribution < 1.29 is 8.42 Å². The molecule has 2 aromatic rings. The van der Waals surface area contributed by atoms with Crippen LogP contribution in [0.15, 0.2) is 56.9 Å². The van der Waals surface area contributed by atoms with Crippen molar-refractivity contribution in [1.82, 2.24) is 4.83 Å². The molecule has 22 heavy (non-hydrogen) atoms. The van der Waals surface area contributed by atoms with Crippen molar-refractivity contribution in [3.63, 3.8) is 0 Å². The zero-order chi connectivity index (χ0) is 16.3. The van der Waals surface area contributed by atoms with E-state index in [-0.39, 0.29) is 4.90 Å². The lowest BCUT2D eigenvalue weighted by Crippen LogP contribution is -2.20. The SMILES string of the molecule is C/C(=N\NS(=O)(=O)c1ccc(Br)cc1)c1ccc(C)c(C)c1. The van der Waals surface area contributed by atoms with Crippen molar-refractivity contribution in [2.24, 2.45) is 5.10 Å². The summed E-state index contributed by atoms with van der Waals surface area (Å²) in [4.78, 5) is 2.45. The molecule has 0 saturated carbocycles. The van der Waals surface area contributed by atoms with E-state index in [9.17, 15) is 8.42 Å². The molecule has 2 rings (SSSR count). The van der Waals surface area contributed by atoms with Gasteiger partial charge >= 0.3 is 0 Å². The molecule has 0 aliphatic heterocycles. The van der Waals surface area contributed by atoms with Crippen molar-refractivity contribution in [3.05, 3.63) is 63.6 Å². The van der Waals surface area contributed by atoms with Gasteiger partial charge < -0.3 is 0 Å². The zero-order valence-electron chi connectivity index (χ0n) is 12.6. The Balaban J connectivity index is 2.22. The monoisotopic (exact) mass is 380 g/mol. The molecule has 1 N–H and O–H groups in total. The van der Waals surface area contributed by atoms with Crippen LogP contribution in [0, 0.1) is 13.8 Å². The van der Waals surface area contributed by atoms with Gasteiger partial charge in [0.05, 0.1) is 10.6 Å². The smallest absolute Gasteiger partial charge is 0.200 e. The summed E-state index contributed by atoms with van der Waals surface area (Å²) in [6.45, 7) is 5.81. The molecule has 6 heteroatoms. The fraction of sp³-hybridized carbons (Fsp3) is 0.188. The summed E-state index contributed by atoms with van der Waals surface area (Å²) in [5.74, 6) is 0. The Bertz CT molecular complexity index is 813. The minimum atomic E-state index is -3.66. The molecular formula is C16H17BrN2O2S. The topological polar surface area (TPSA) is 58.5 Å². The van der Waals surface area contributed by atoms with Gasteiger partial charge in [-0.15, -0.1) is 0 Å². The number of nitrogens with zero attached hydrogens (tertiary/aromatic N) is 1. The van der Waals surface area contributed by atoms with Crippen LogP contribution in [0.1, 0.15) is 23.6 Å². The maximum atomic E-state index is 12.2. The third-order valence-electron chi connectivity index (χ3n) is 3.38. The number of hydrazone groups is 1. The third-order valence-corrected chi connectivity index (χ3v) is 5.14. The number of halogens is 1. The Morgan fingerprint density at radius 2 is 1.68 bits per heavy atom. The number of aryl methyl sites for hydroxylation is 2. The van der Waals surface area contributed by atoms with Crippen LogP contribution in [-0.4, -0.2) is 14.1 Å². The van der Waals surface area contributed by atoms with Crippen LogP contribution in [0.25, 0.3) is 0 Å². The summed E-state index contributed by atoms with van der Waals surface area (Å²) in [5.41, 5.74) is 3.83. The highest BCUT2D eigenvalue weighted by molar-refractivity contribution is 9.10. The zero-order valence-corrected chi connectivity index (χ0v) is 15.0. The summed E-state index contributed by atoms with van der Waals surface area (Å²) in [6, 6.07) is 12.3. The van der Waals surface area contributed by atoms with Gasteiger partial charge in [0, 0.05) is 4.47 Å². The number of benzene rings is 2. The van der Waals surface area contributed by atoms with Gasteiger partial charge in [-0.25, -0.2) is 0 Å². The molecule has 0 bridgehead atoms. The molecule has 2 aromatic carbocycles. The highest BCUT2D eigenvalue weighted by atomic mass is 79.9. The molecule has 0 atom stereocenters. The van der Waals surface area contributed by atoms with Gasteiger partial charge in [0.1, 0.15) is 0 Å². The summed E-state index contributed by atoms with van der Waals surface area (Å²) in [6.07, 6.45) is 0. The van der Waals surface area contributed by atoms with Crippen LogP contribution in [0.5, 0.6) is 0 Å². The van der Waals surface area contributed by atoms with E-state index in [2.05, 4.69) is 25.9 Å². The van der Waals surface area contributed by atoms with E-state index < -0.39 is 10.0 Å². The van der Waals surface area contributed by atoms with Crippen LogP contribution in [0.2, 0.25) is 0 Å². The van der Waals surface area contributed by atoms with Gasteiger partial charge in [0.25, 0.3) is 10.0 Å². The van der Waals surface area contributed by atoms with Crippen LogP contribution in [0.3, 0.4) is 0 Å². The summed E-state index contributed by atoms with van der Waals surface area (Å²) in [5, 5.41) is 4.00. The first kappa shape index (κ1) is 16.7. The van der Waals surface area contributed by atoms with Crippen molar-refractivity contribution in [1.29, 1.82) is 0 Å². The molecule has 0 unspecified atom stereocenters. The third kappa shape index (κ3) is 3.96. The molecule has 0 aliphatic carbocycles. The predicted octanol–water partition coefficient (Wildman–Crippen LogP) is 3.77. The molecule has 0 saturated heterocycles. The minimum Gasteiger partial charge on any atom is -0.200 e. The van der Waals surface area contributed by atoms with Crippen molar-refractivity contribution in [2.45, 2.75) is 25.7 Å². The van der Waals surface area contributed by atoms with E-state index in [0.717, 1.165) is 15.6 Å². The Hall–Kier alpha value is -1.66. The molecular weight excluding hydrogens is 364 g/mol. The summed E-state index contributed by atoms with van der Waals surface area (Å²) in [7, 11) is -3.66. The average Bonchev–Trinajstić information content (AvgIpc) is 2.48. The van der Waals surface area contributed by atoms with E-state index in [4.69, 9.17) is 0 Å². The van der Waals surface area contributed by atoms with Gasteiger partial charge in [-0.1, -0.05) is 28.1 Å². The lowest BCUT2D eigenvalue weighted by atomic mass is 10.0. The standard InChI is InChI=1S/C16H17BrN2O2S/c1-11-4-5-14(10-12(11)2)13(3)18-19-22(20,21)16-8-6-15(17)7-9-16/h4-10,19H,1-3H3/b18-13+. The van der Waals surface area contributed by atoms with Crippen molar-refractivity contribution in [2.75, 3.05) is 0 Å². The molecule has 0 amide bonds. The first-order chi connectivity index (χ1) is 10.3. The first-order valence-corrected chi connectivity index (χ1v) is 8.96. The summed E-state index contributed by atoms with van der Waals surface area (Å²) < 4.78 is 25.2. The fourth-order valence-corrected chi connectivity index (χ4v) is 2.95. The second-order valence-electron chi connectivity index (χ2n) is 5.04. The second-order valence-corrected chi connectivity index (χ2v) is 7.62. The van der Waals surface area contributed by atoms with Gasteiger partial charge in [-0.3, -0.25) is 0 Å². The first-order valence-electron chi connectivity index (χ1n) is 6.69. The van der Waals surface area contributed by atoms with E-state index in [1.165, 1.54) is 17.7 Å². The Morgan fingerprint density at radius 1 is 1.05 bits per heavy atom. The van der Waals surface area contributed by atoms with Crippen LogP contribution in [-0.2, 0) is 10.0 Å². The van der Waals surface area contributed by atoms with Crippen molar-refractivity contribution in [3.8, 4) is 0 Å². The van der Waals surface area contributed by atoms with Crippen LogP contribution < -0.4 is 4.83 Å². The quantitative estimate of drug-likeness (QED) is 0.648. The Kier molecular flexibility index (Phi) is 5.03. The highest BCUT2D eigenvalue weighted by Crippen LogP contribution is 2.15. The molecule has 0 spiro atoms. The van der Waals surface area contributed by atoms with Gasteiger partial charge in [-0.05, 0) is 67.8 Å². The average molecular weight is 381 g/mol. The second kappa shape index (κ2) is 6.62. The van der Waals surface area contributed by atoms with Gasteiger partial charge in [0.2, 0.25) is 0 Å². The molecule has 4 nitrogen and oxygen atoms in total. The molecule has 0 radical (unpaired) electrons. The molecule has 0 aromatic heterocycles. The minimum absolute atomic E-state index is 0.173. The lowest BCUT2D eigenvalue weighted by molar-refractivity contribution is 0.584. The normalized spacial score (nSPS) is 12.3. The Labute approximate surface area is 139 Å². The fourth-order valence-electron chi connectivity index (χ4n) is 1.83. The van der Waals surface area contributed by atoms with Crippen LogP contribution >= 0.6 is 15.9 Å². The van der Waals surface area contributed by atoms with Gasteiger partial charge in [0.15, 0.2) is 0 Å². The van der Waals surface area contributed by atoms with E-state index in [0.29, 0.717) is 5.71 Å². The maximum Gasteiger partial charge on any atom is 0.276 e. The maximum absolute atomic E-state index is 12.2. The van der Waals surface area contributed by atoms with Gasteiger partial charge in [-0.2, -0.15) is 18.4 Å². The molecule has 116 valence electrons. The largest absolute Gasteiger partial charge is 0.276 e. The number of nitrogens with one attached hydrogen (secondary N) is 1. The highest BCUT2D eigenvalue weighted by Gasteiger charge is 2.12. The van der Waals surface area contributed by atoms with Crippen LogP contribution in [0.4, 0.5) is 0 Å². The predicted molar refractivity (Wildman–Crippen MR) is 92.6 cm³/mol. The van der Waals surface area contributed by atoms with E-state index >= 15 is 0 Å². The number of hydrogen-bond acceptors (Lipinski definition) is 3.